The summed E-state index contributed by atoms with van der Waals surface area (Å²) < 4.78 is 4.98. The summed E-state index contributed by atoms with van der Waals surface area (Å²) in [5, 5.41) is 6.61. The number of hydrogen-bond acceptors (Lipinski definition) is 5. The van der Waals surface area contributed by atoms with E-state index in [0.717, 1.165) is 24.5 Å². The molecule has 17 heavy (non-hydrogen) atoms. The molecule has 0 aliphatic heterocycles. The Labute approximate surface area is 102 Å². The van der Waals surface area contributed by atoms with Gasteiger partial charge < -0.3 is 15.4 Å². The molecule has 1 aromatic heterocycles. The lowest BCUT2D eigenvalue weighted by Gasteiger charge is -2.08. The summed E-state index contributed by atoms with van der Waals surface area (Å²) in [4.78, 5) is 8.81. The number of nitrogens with zero attached hydrogens (tertiary/aromatic N) is 2. The molecule has 0 radical (unpaired) electrons. The highest BCUT2D eigenvalue weighted by Gasteiger charge is 2.20. The van der Waals surface area contributed by atoms with Gasteiger partial charge in [0.2, 0.25) is 5.95 Å². The monoisotopic (exact) mass is 236 g/mol. The second-order valence-corrected chi connectivity index (χ2v) is 4.40. The quantitative estimate of drug-likeness (QED) is 0.694. The number of methoxy groups -OCH3 is 1. The van der Waals surface area contributed by atoms with Crippen LogP contribution in [0.15, 0.2) is 6.07 Å². The van der Waals surface area contributed by atoms with Gasteiger partial charge >= 0.3 is 0 Å². The Morgan fingerprint density at radius 2 is 2.24 bits per heavy atom. The van der Waals surface area contributed by atoms with Crippen LogP contribution in [0.1, 0.15) is 24.2 Å². The van der Waals surface area contributed by atoms with Gasteiger partial charge in [-0.15, -0.1) is 0 Å². The normalized spacial score (nSPS) is 14.9. The first-order chi connectivity index (χ1) is 8.28. The zero-order valence-corrected chi connectivity index (χ0v) is 10.5. The first-order valence-corrected chi connectivity index (χ1v) is 6.08. The summed E-state index contributed by atoms with van der Waals surface area (Å²) in [5.74, 6) is 0.689. The zero-order chi connectivity index (χ0) is 12.1. The second-order valence-electron chi connectivity index (χ2n) is 4.40. The van der Waals surface area contributed by atoms with Gasteiger partial charge in [-0.25, -0.2) is 9.97 Å². The van der Waals surface area contributed by atoms with E-state index in [2.05, 4.69) is 20.6 Å². The predicted molar refractivity (Wildman–Crippen MR) is 67.0 cm³/mol. The maximum atomic E-state index is 4.98. The van der Waals surface area contributed by atoms with Gasteiger partial charge in [-0.2, -0.15) is 0 Å². The minimum atomic E-state index is 0.660. The molecule has 0 unspecified atom stereocenters. The van der Waals surface area contributed by atoms with Crippen molar-refractivity contribution in [2.75, 3.05) is 25.6 Å². The fraction of sp³-hybridized carbons (Fsp3) is 0.667. The van der Waals surface area contributed by atoms with Gasteiger partial charge in [0.15, 0.2) is 0 Å². The molecule has 1 heterocycles. The van der Waals surface area contributed by atoms with Gasteiger partial charge in [-0.3, -0.25) is 0 Å². The predicted octanol–water partition coefficient (Wildman–Crippen LogP) is 1.10. The number of hydrogen-bond donors (Lipinski definition) is 2. The fourth-order valence-electron chi connectivity index (χ4n) is 1.60. The molecule has 5 nitrogen and oxygen atoms in total. The first kappa shape index (κ1) is 12.3. The third-order valence-corrected chi connectivity index (χ3v) is 2.65. The number of aromatic nitrogens is 2. The van der Waals surface area contributed by atoms with E-state index in [0.29, 0.717) is 18.6 Å². The van der Waals surface area contributed by atoms with Crippen molar-refractivity contribution >= 4 is 5.95 Å². The molecule has 2 rings (SSSR count). The Morgan fingerprint density at radius 3 is 2.94 bits per heavy atom. The van der Waals surface area contributed by atoms with E-state index in [4.69, 9.17) is 4.74 Å². The lowest BCUT2D eigenvalue weighted by molar-refractivity contribution is 0.210. The molecule has 1 saturated carbocycles. The Morgan fingerprint density at radius 1 is 1.41 bits per heavy atom. The van der Waals surface area contributed by atoms with E-state index < -0.39 is 0 Å². The number of ether oxygens (including phenoxy) is 1. The van der Waals surface area contributed by atoms with Crippen molar-refractivity contribution in [3.05, 3.63) is 17.5 Å². The molecule has 1 fully saturated rings. The van der Waals surface area contributed by atoms with Gasteiger partial charge in [-0.05, 0) is 25.8 Å². The molecular weight excluding hydrogens is 216 g/mol. The third-order valence-electron chi connectivity index (χ3n) is 2.65. The van der Waals surface area contributed by atoms with E-state index in [1.165, 1.54) is 12.8 Å². The molecule has 5 heteroatoms. The van der Waals surface area contributed by atoms with Crippen LogP contribution in [0.25, 0.3) is 0 Å². The van der Waals surface area contributed by atoms with E-state index in [1.54, 1.807) is 7.11 Å². The van der Waals surface area contributed by atoms with Gasteiger partial charge in [0.05, 0.1) is 12.3 Å². The number of nitrogens with one attached hydrogen (secondary N) is 2. The molecule has 0 amide bonds. The average molecular weight is 236 g/mol. The molecule has 0 saturated heterocycles. The van der Waals surface area contributed by atoms with Crippen LogP contribution < -0.4 is 10.6 Å². The van der Waals surface area contributed by atoms with Crippen LogP contribution in [0.3, 0.4) is 0 Å². The Bertz CT molecular complexity index is 366. The van der Waals surface area contributed by atoms with Crippen LogP contribution in [0.2, 0.25) is 0 Å². The number of anilines is 1. The Kier molecular flexibility index (Phi) is 4.28. The van der Waals surface area contributed by atoms with Crippen LogP contribution in [0.5, 0.6) is 0 Å². The summed E-state index contributed by atoms with van der Waals surface area (Å²) in [7, 11) is 1.68. The highest BCUT2D eigenvalue weighted by Crippen LogP contribution is 2.19. The second kappa shape index (κ2) is 5.93. The summed E-state index contributed by atoms with van der Waals surface area (Å²) in [6.07, 6.45) is 2.59. The Balaban J connectivity index is 1.90. The molecule has 1 aromatic rings. The molecule has 1 aliphatic rings. The number of aryl methyl sites for hydroxylation is 1. The average Bonchev–Trinajstić information content (AvgIpc) is 3.10. The smallest absolute Gasteiger partial charge is 0.223 e. The third kappa shape index (κ3) is 4.28. The highest BCUT2D eigenvalue weighted by molar-refractivity contribution is 5.28. The van der Waals surface area contributed by atoms with Crippen molar-refractivity contribution in [2.24, 2.45) is 0 Å². The standard InChI is InChI=1S/C12H20N4O/c1-9-7-11(8-14-10-3-4-10)16-12(15-9)13-5-6-17-2/h7,10,14H,3-6,8H2,1-2H3,(H,13,15,16). The lowest BCUT2D eigenvalue weighted by atomic mass is 10.3. The topological polar surface area (TPSA) is 59.1 Å². The van der Waals surface area contributed by atoms with Gasteiger partial charge in [0, 0.05) is 31.9 Å². The molecule has 0 aromatic carbocycles. The summed E-state index contributed by atoms with van der Waals surface area (Å²) in [6.45, 7) is 4.21. The van der Waals surface area contributed by atoms with E-state index in [-0.39, 0.29) is 0 Å². The molecule has 0 spiro atoms. The summed E-state index contributed by atoms with van der Waals surface area (Å²) in [5.41, 5.74) is 2.04. The highest BCUT2D eigenvalue weighted by atomic mass is 16.5. The van der Waals surface area contributed by atoms with Crippen molar-refractivity contribution in [1.29, 1.82) is 0 Å². The van der Waals surface area contributed by atoms with Crippen LogP contribution in [0.4, 0.5) is 5.95 Å². The van der Waals surface area contributed by atoms with E-state index >= 15 is 0 Å². The van der Waals surface area contributed by atoms with Crippen LogP contribution in [0, 0.1) is 6.92 Å². The molecule has 94 valence electrons. The Hall–Kier alpha value is -1.20. The molecule has 0 bridgehead atoms. The SMILES string of the molecule is COCCNc1nc(C)cc(CNC2CC2)n1. The van der Waals surface area contributed by atoms with Crippen molar-refractivity contribution in [1.82, 2.24) is 15.3 Å². The molecule has 1 aliphatic carbocycles. The first-order valence-electron chi connectivity index (χ1n) is 6.08. The lowest BCUT2D eigenvalue weighted by Crippen LogP contribution is -2.18. The van der Waals surface area contributed by atoms with Crippen LogP contribution in [-0.2, 0) is 11.3 Å². The fourth-order valence-corrected chi connectivity index (χ4v) is 1.60. The van der Waals surface area contributed by atoms with E-state index in [9.17, 15) is 0 Å². The van der Waals surface area contributed by atoms with Crippen molar-refractivity contribution in [3.63, 3.8) is 0 Å². The summed E-state index contributed by atoms with van der Waals surface area (Å²) in [6, 6.07) is 2.73. The number of rotatable bonds is 7. The van der Waals surface area contributed by atoms with Gasteiger partial charge in [-0.1, -0.05) is 0 Å². The molecule has 0 atom stereocenters. The maximum absolute atomic E-state index is 4.98. The van der Waals surface area contributed by atoms with Crippen molar-refractivity contribution < 1.29 is 4.74 Å². The summed E-state index contributed by atoms with van der Waals surface area (Å²) >= 11 is 0. The van der Waals surface area contributed by atoms with E-state index in [1.807, 2.05) is 13.0 Å². The molecular formula is C12H20N4O. The van der Waals surface area contributed by atoms with Gasteiger partial charge in [0.1, 0.15) is 0 Å². The van der Waals surface area contributed by atoms with Crippen molar-refractivity contribution in [2.45, 2.75) is 32.4 Å². The molecule has 2 N–H and O–H groups in total. The van der Waals surface area contributed by atoms with Crippen LogP contribution >= 0.6 is 0 Å². The van der Waals surface area contributed by atoms with Crippen LogP contribution in [-0.4, -0.2) is 36.3 Å². The zero-order valence-electron chi connectivity index (χ0n) is 10.5. The minimum Gasteiger partial charge on any atom is -0.383 e. The maximum Gasteiger partial charge on any atom is 0.223 e. The van der Waals surface area contributed by atoms with Crippen molar-refractivity contribution in [3.8, 4) is 0 Å². The van der Waals surface area contributed by atoms with Gasteiger partial charge in [0.25, 0.3) is 0 Å². The minimum absolute atomic E-state index is 0.660. The largest absolute Gasteiger partial charge is 0.383 e.